The lowest BCUT2D eigenvalue weighted by Gasteiger charge is -2.44. The van der Waals surface area contributed by atoms with Crippen LogP contribution in [0.5, 0.6) is 0 Å². The van der Waals surface area contributed by atoms with Crippen LogP contribution in [0.4, 0.5) is 0 Å². The maximum Gasteiger partial charge on any atom is 0.303 e. The van der Waals surface area contributed by atoms with E-state index in [0.29, 0.717) is 11.8 Å². The van der Waals surface area contributed by atoms with E-state index in [9.17, 15) is 9.90 Å². The summed E-state index contributed by atoms with van der Waals surface area (Å²) in [5.41, 5.74) is 5.18. The molecule has 1 N–H and O–H groups in total. The summed E-state index contributed by atoms with van der Waals surface area (Å²) in [4.78, 5) is 18.7. The molecule has 0 amide bonds. The van der Waals surface area contributed by atoms with Gasteiger partial charge in [-0.2, -0.15) is 0 Å². The molecule has 2 fully saturated rings. The number of piperidine rings is 1. The number of nitrogens with zero attached hydrogens (tertiary/aromatic N) is 2. The fourth-order valence-corrected chi connectivity index (χ4v) is 6.89. The van der Waals surface area contributed by atoms with Crippen molar-refractivity contribution in [3.05, 3.63) is 78.0 Å². The molecule has 2 heterocycles. The highest BCUT2D eigenvalue weighted by molar-refractivity contribution is 6.05. The number of likely N-dealkylation sites (tertiary alicyclic amines) is 1. The third kappa shape index (κ3) is 4.87. The molecule has 0 radical (unpaired) electrons. The second-order valence-electron chi connectivity index (χ2n) is 11.2. The van der Waals surface area contributed by atoms with Crippen LogP contribution in [0.25, 0.3) is 32.8 Å². The quantitative estimate of drug-likeness (QED) is 0.301. The molecule has 3 aromatic carbocycles. The van der Waals surface area contributed by atoms with Gasteiger partial charge in [0, 0.05) is 30.1 Å². The number of hydrogen-bond acceptors (Lipinski definition) is 3. The first-order valence-electron chi connectivity index (χ1n) is 13.9. The van der Waals surface area contributed by atoms with Crippen molar-refractivity contribution < 1.29 is 9.90 Å². The van der Waals surface area contributed by atoms with Crippen molar-refractivity contribution in [2.45, 2.75) is 64.3 Å². The highest BCUT2D eigenvalue weighted by Crippen LogP contribution is 2.45. The predicted octanol–water partition coefficient (Wildman–Crippen LogP) is 7.62. The third-order valence-electron chi connectivity index (χ3n) is 9.00. The first-order valence-corrected chi connectivity index (χ1v) is 13.9. The molecule has 4 heteroatoms. The molecule has 4 aromatic rings. The number of rotatable bonds is 6. The summed E-state index contributed by atoms with van der Waals surface area (Å²) in [6.45, 7) is 3.40. The number of carboxylic acids is 1. The molecule has 0 atom stereocenters. The molecule has 0 bridgehead atoms. The number of carboxylic acid groups (broad SMARTS) is 1. The zero-order valence-electron chi connectivity index (χ0n) is 21.6. The van der Waals surface area contributed by atoms with E-state index >= 15 is 0 Å². The average molecular weight is 493 g/mol. The van der Waals surface area contributed by atoms with Crippen molar-refractivity contribution in [2.24, 2.45) is 5.41 Å². The van der Waals surface area contributed by atoms with Crippen LogP contribution in [-0.4, -0.2) is 34.0 Å². The summed E-state index contributed by atoms with van der Waals surface area (Å²) in [7, 11) is 0. The van der Waals surface area contributed by atoms with Crippen molar-refractivity contribution in [2.75, 3.05) is 13.1 Å². The molecule has 1 aliphatic heterocycles. The minimum Gasteiger partial charge on any atom is -0.481 e. The Morgan fingerprint density at radius 3 is 2.24 bits per heavy atom. The van der Waals surface area contributed by atoms with Crippen molar-refractivity contribution >= 4 is 27.5 Å². The summed E-state index contributed by atoms with van der Waals surface area (Å²) in [5, 5.41) is 13.9. The summed E-state index contributed by atoms with van der Waals surface area (Å²) in [6.07, 6.45) is 12.5. The van der Waals surface area contributed by atoms with Crippen LogP contribution < -0.4 is 0 Å². The van der Waals surface area contributed by atoms with Gasteiger partial charge in [0.1, 0.15) is 0 Å². The Morgan fingerprint density at radius 1 is 0.784 bits per heavy atom. The van der Waals surface area contributed by atoms with E-state index in [0.717, 1.165) is 34.1 Å². The van der Waals surface area contributed by atoms with Gasteiger partial charge < -0.3 is 5.11 Å². The second kappa shape index (κ2) is 10.3. The number of aromatic nitrogens is 1. The number of hydrogen-bond donors (Lipinski definition) is 1. The van der Waals surface area contributed by atoms with Gasteiger partial charge in [0.05, 0.1) is 5.69 Å². The lowest BCUT2D eigenvalue weighted by molar-refractivity contribution is -0.136. The molecule has 2 aliphatic rings. The van der Waals surface area contributed by atoms with Crippen LogP contribution in [0.15, 0.2) is 66.9 Å². The lowest BCUT2D eigenvalue weighted by atomic mass is 9.68. The molecular weight excluding hydrogens is 456 g/mol. The monoisotopic (exact) mass is 492 g/mol. The predicted molar refractivity (Wildman–Crippen MR) is 151 cm³/mol. The molecule has 4 nitrogen and oxygen atoms in total. The summed E-state index contributed by atoms with van der Waals surface area (Å²) >= 11 is 0. The SMILES string of the molecule is O=C(O)CCc1cccc2c(-c3nccc4c(CN5CCC6(CCCCC6)CC5)cccc34)cccc12. The first-order chi connectivity index (χ1) is 18.1. The van der Waals surface area contributed by atoms with Crippen LogP contribution in [0.1, 0.15) is 62.5 Å². The van der Waals surface area contributed by atoms with Gasteiger partial charge in [-0.05, 0) is 84.0 Å². The minimum absolute atomic E-state index is 0.136. The van der Waals surface area contributed by atoms with Crippen LogP contribution >= 0.6 is 0 Å². The fourth-order valence-electron chi connectivity index (χ4n) is 6.89. The molecular formula is C33H36N2O2. The van der Waals surface area contributed by atoms with E-state index in [1.807, 2.05) is 18.3 Å². The molecule has 0 unspecified atom stereocenters. The van der Waals surface area contributed by atoms with Gasteiger partial charge in [-0.3, -0.25) is 14.7 Å². The fraction of sp³-hybridized carbons (Fsp3) is 0.394. The second-order valence-corrected chi connectivity index (χ2v) is 11.2. The molecule has 6 rings (SSSR count). The number of pyridine rings is 1. The highest BCUT2D eigenvalue weighted by atomic mass is 16.4. The van der Waals surface area contributed by atoms with Gasteiger partial charge in [0.25, 0.3) is 0 Å². The van der Waals surface area contributed by atoms with E-state index in [-0.39, 0.29) is 6.42 Å². The van der Waals surface area contributed by atoms with Crippen molar-refractivity contribution in [1.29, 1.82) is 0 Å². The Balaban J connectivity index is 1.31. The van der Waals surface area contributed by atoms with Gasteiger partial charge >= 0.3 is 5.97 Å². The summed E-state index contributed by atoms with van der Waals surface area (Å²) in [6, 6.07) is 21.4. The van der Waals surface area contributed by atoms with Gasteiger partial charge in [-0.15, -0.1) is 0 Å². The largest absolute Gasteiger partial charge is 0.481 e. The van der Waals surface area contributed by atoms with E-state index < -0.39 is 5.97 Å². The maximum absolute atomic E-state index is 11.2. The highest BCUT2D eigenvalue weighted by Gasteiger charge is 2.35. The number of aliphatic carboxylic acids is 1. The van der Waals surface area contributed by atoms with Gasteiger partial charge in [-0.25, -0.2) is 0 Å². The Bertz CT molecular complexity index is 1430. The number of benzene rings is 3. The topological polar surface area (TPSA) is 53.4 Å². The van der Waals surface area contributed by atoms with Gasteiger partial charge in [0.15, 0.2) is 0 Å². The molecule has 1 spiro atoms. The Morgan fingerprint density at radius 2 is 1.46 bits per heavy atom. The van der Waals surface area contributed by atoms with Crippen molar-refractivity contribution in [3.63, 3.8) is 0 Å². The molecule has 190 valence electrons. The maximum atomic E-state index is 11.2. The lowest BCUT2D eigenvalue weighted by Crippen LogP contribution is -2.40. The first kappa shape index (κ1) is 24.1. The Labute approximate surface area is 219 Å². The standard InChI is InChI=1S/C33H36N2O2/c36-31(37)14-13-24-7-4-10-28-26(24)9-6-12-30(28)32-29-11-5-8-25(27(29)15-20-34-32)23-35-21-18-33(19-22-35)16-2-1-3-17-33/h4-12,15,20H,1-3,13-14,16-19,21-23H2,(H,36,37). The minimum atomic E-state index is -0.765. The van der Waals surface area contributed by atoms with E-state index in [1.165, 1.54) is 74.4 Å². The average Bonchev–Trinajstić information content (AvgIpc) is 2.93. The van der Waals surface area contributed by atoms with Crippen LogP contribution in [0, 0.1) is 5.41 Å². The van der Waals surface area contributed by atoms with Crippen molar-refractivity contribution in [3.8, 4) is 11.3 Å². The molecule has 1 saturated carbocycles. The normalized spacial score (nSPS) is 17.9. The van der Waals surface area contributed by atoms with Gasteiger partial charge in [-0.1, -0.05) is 73.9 Å². The molecule has 1 saturated heterocycles. The summed E-state index contributed by atoms with van der Waals surface area (Å²) in [5.74, 6) is -0.765. The van der Waals surface area contributed by atoms with Gasteiger partial charge in [0.2, 0.25) is 0 Å². The van der Waals surface area contributed by atoms with Crippen LogP contribution in [0.3, 0.4) is 0 Å². The molecule has 1 aliphatic carbocycles. The molecule has 1 aromatic heterocycles. The van der Waals surface area contributed by atoms with E-state index in [4.69, 9.17) is 4.98 Å². The van der Waals surface area contributed by atoms with Crippen molar-refractivity contribution in [1.82, 2.24) is 9.88 Å². The van der Waals surface area contributed by atoms with Crippen LogP contribution in [-0.2, 0) is 17.8 Å². The molecule has 37 heavy (non-hydrogen) atoms. The zero-order chi connectivity index (χ0) is 25.2. The smallest absolute Gasteiger partial charge is 0.303 e. The van der Waals surface area contributed by atoms with Crippen LogP contribution in [0.2, 0.25) is 0 Å². The van der Waals surface area contributed by atoms with E-state index in [1.54, 1.807) is 0 Å². The third-order valence-corrected chi connectivity index (χ3v) is 9.00. The summed E-state index contributed by atoms with van der Waals surface area (Å²) < 4.78 is 0. The Kier molecular flexibility index (Phi) is 6.69. The Hall–Kier alpha value is -3.24. The number of carbonyl (C=O) groups is 1. The number of aryl methyl sites for hydroxylation is 1. The number of fused-ring (bicyclic) bond motifs is 2. The van der Waals surface area contributed by atoms with E-state index in [2.05, 4.69) is 53.4 Å². The zero-order valence-corrected chi connectivity index (χ0v) is 21.6.